The molecule has 1 N–H and O–H groups in total. The summed E-state index contributed by atoms with van der Waals surface area (Å²) >= 11 is 0. The first-order valence-corrected chi connectivity index (χ1v) is 12.1. The lowest BCUT2D eigenvalue weighted by atomic mass is 10.0. The number of amides is 1. The SMILES string of the molecule is CCCN1CCN(C(=O)c2cc3c(cc2C)[nH]c(=O)c2cnn(C4CCOCC4)c23)C[C@@H]1C. The van der Waals surface area contributed by atoms with E-state index in [-0.39, 0.29) is 17.5 Å². The van der Waals surface area contributed by atoms with E-state index in [9.17, 15) is 9.59 Å². The van der Waals surface area contributed by atoms with Crippen molar-refractivity contribution in [3.8, 4) is 0 Å². The highest BCUT2D eigenvalue weighted by atomic mass is 16.5. The van der Waals surface area contributed by atoms with Gasteiger partial charge in [0, 0.05) is 49.8 Å². The first-order chi connectivity index (χ1) is 16.0. The molecule has 2 aromatic heterocycles. The highest BCUT2D eigenvalue weighted by molar-refractivity contribution is 6.07. The van der Waals surface area contributed by atoms with E-state index in [1.165, 1.54) is 0 Å². The zero-order valence-electron chi connectivity index (χ0n) is 19.8. The molecule has 0 spiro atoms. The van der Waals surface area contributed by atoms with Crippen LogP contribution in [0, 0.1) is 6.92 Å². The Morgan fingerprint density at radius 2 is 2.00 bits per heavy atom. The molecular formula is C25H33N5O3. The van der Waals surface area contributed by atoms with E-state index in [0.717, 1.165) is 67.4 Å². The number of nitrogens with zero attached hydrogens (tertiary/aromatic N) is 4. The third-order valence-corrected chi connectivity index (χ3v) is 7.24. The van der Waals surface area contributed by atoms with Gasteiger partial charge >= 0.3 is 0 Å². The average Bonchev–Trinajstić information content (AvgIpc) is 3.26. The largest absolute Gasteiger partial charge is 0.381 e. The first-order valence-electron chi connectivity index (χ1n) is 12.1. The van der Waals surface area contributed by atoms with Crippen LogP contribution in [0.4, 0.5) is 0 Å². The summed E-state index contributed by atoms with van der Waals surface area (Å²) in [5.41, 5.74) is 3.00. The molecule has 1 amide bonds. The summed E-state index contributed by atoms with van der Waals surface area (Å²) in [4.78, 5) is 33.8. The summed E-state index contributed by atoms with van der Waals surface area (Å²) in [5.74, 6) is 0.0638. The third-order valence-electron chi connectivity index (χ3n) is 7.24. The number of fused-ring (bicyclic) bond motifs is 3. The number of H-pyrrole nitrogens is 1. The molecule has 8 nitrogen and oxygen atoms in total. The summed E-state index contributed by atoms with van der Waals surface area (Å²) in [7, 11) is 0. The second-order valence-corrected chi connectivity index (χ2v) is 9.50. The quantitative estimate of drug-likeness (QED) is 0.659. The molecular weight excluding hydrogens is 418 g/mol. The number of carbonyl (C=O) groups is 1. The lowest BCUT2D eigenvalue weighted by Gasteiger charge is -2.40. The topological polar surface area (TPSA) is 83.5 Å². The van der Waals surface area contributed by atoms with Crippen molar-refractivity contribution in [3.05, 3.63) is 39.8 Å². The number of aryl methyl sites for hydroxylation is 1. The van der Waals surface area contributed by atoms with Crippen molar-refractivity contribution < 1.29 is 9.53 Å². The van der Waals surface area contributed by atoms with Crippen LogP contribution in [0.25, 0.3) is 21.8 Å². The summed E-state index contributed by atoms with van der Waals surface area (Å²) in [6, 6.07) is 4.43. The van der Waals surface area contributed by atoms with Gasteiger partial charge in [0.15, 0.2) is 0 Å². The Hall–Kier alpha value is -2.71. The van der Waals surface area contributed by atoms with Gasteiger partial charge in [-0.3, -0.25) is 19.2 Å². The molecule has 2 aliphatic heterocycles. The molecule has 0 bridgehead atoms. The van der Waals surface area contributed by atoms with Crippen LogP contribution in [0.3, 0.4) is 0 Å². The second kappa shape index (κ2) is 8.91. The van der Waals surface area contributed by atoms with Gasteiger partial charge in [-0.05, 0) is 57.4 Å². The van der Waals surface area contributed by atoms with Gasteiger partial charge in [-0.25, -0.2) is 0 Å². The first kappa shape index (κ1) is 22.1. The van der Waals surface area contributed by atoms with Gasteiger partial charge in [-0.15, -0.1) is 0 Å². The predicted octanol–water partition coefficient (Wildman–Crippen LogP) is 3.09. The van der Waals surface area contributed by atoms with Gasteiger partial charge < -0.3 is 14.6 Å². The van der Waals surface area contributed by atoms with Crippen LogP contribution < -0.4 is 5.56 Å². The van der Waals surface area contributed by atoms with Crippen LogP contribution in [0.5, 0.6) is 0 Å². The monoisotopic (exact) mass is 451 g/mol. The van der Waals surface area contributed by atoms with Crippen molar-refractivity contribution in [1.82, 2.24) is 24.6 Å². The average molecular weight is 452 g/mol. The van der Waals surface area contributed by atoms with E-state index in [2.05, 4.69) is 28.8 Å². The number of aromatic amines is 1. The van der Waals surface area contributed by atoms with E-state index in [1.807, 2.05) is 28.6 Å². The predicted molar refractivity (Wildman–Crippen MR) is 129 cm³/mol. The Morgan fingerprint density at radius 3 is 2.73 bits per heavy atom. The number of hydrogen-bond donors (Lipinski definition) is 1. The Bertz CT molecular complexity index is 1240. The number of hydrogen-bond acceptors (Lipinski definition) is 5. The van der Waals surface area contributed by atoms with E-state index in [1.54, 1.807) is 6.20 Å². The molecule has 0 saturated carbocycles. The zero-order valence-corrected chi connectivity index (χ0v) is 19.8. The summed E-state index contributed by atoms with van der Waals surface area (Å²) in [6.45, 7) is 11.2. The van der Waals surface area contributed by atoms with Gasteiger partial charge in [0.05, 0.1) is 28.7 Å². The maximum atomic E-state index is 13.6. The molecule has 2 aliphatic rings. The lowest BCUT2D eigenvalue weighted by molar-refractivity contribution is 0.0515. The molecule has 3 aromatic rings. The van der Waals surface area contributed by atoms with Gasteiger partial charge in [0.25, 0.3) is 11.5 Å². The van der Waals surface area contributed by atoms with Crippen molar-refractivity contribution >= 4 is 27.7 Å². The lowest BCUT2D eigenvalue weighted by Crippen LogP contribution is -2.53. The number of pyridine rings is 1. The molecule has 0 unspecified atom stereocenters. The molecule has 176 valence electrons. The van der Waals surface area contributed by atoms with Gasteiger partial charge in [-0.2, -0.15) is 5.10 Å². The maximum Gasteiger partial charge on any atom is 0.259 e. The molecule has 2 saturated heterocycles. The molecule has 1 aromatic carbocycles. The standard InChI is InChI=1S/C25H33N5O3/c1-4-7-28-8-9-29(15-17(28)3)25(32)19-13-20-22(12-16(19)2)27-24(31)21-14-26-30(23(20)21)18-5-10-33-11-6-18/h12-14,17-18H,4-11,15H2,1-3H3,(H,27,31)/t17-/m0/s1. The Labute approximate surface area is 193 Å². The highest BCUT2D eigenvalue weighted by Gasteiger charge is 2.28. The minimum Gasteiger partial charge on any atom is -0.381 e. The van der Waals surface area contributed by atoms with Crippen LogP contribution in [0.1, 0.15) is 55.1 Å². The number of nitrogens with one attached hydrogen (secondary N) is 1. The molecule has 0 aliphatic carbocycles. The van der Waals surface area contributed by atoms with Crippen molar-refractivity contribution in [2.75, 3.05) is 39.4 Å². The maximum absolute atomic E-state index is 13.6. The van der Waals surface area contributed by atoms with Crippen LogP contribution in [0.15, 0.2) is 23.1 Å². The fourth-order valence-corrected chi connectivity index (χ4v) is 5.40. The van der Waals surface area contributed by atoms with Gasteiger partial charge in [0.1, 0.15) is 0 Å². The van der Waals surface area contributed by atoms with Crippen LogP contribution >= 0.6 is 0 Å². The van der Waals surface area contributed by atoms with E-state index in [0.29, 0.717) is 30.2 Å². The van der Waals surface area contributed by atoms with Crippen LogP contribution in [-0.2, 0) is 4.74 Å². The molecule has 0 radical (unpaired) electrons. The third kappa shape index (κ3) is 3.95. The number of benzene rings is 1. The molecule has 5 rings (SSSR count). The fourth-order valence-electron chi connectivity index (χ4n) is 5.40. The second-order valence-electron chi connectivity index (χ2n) is 9.50. The summed E-state index contributed by atoms with van der Waals surface area (Å²) < 4.78 is 7.50. The van der Waals surface area contributed by atoms with E-state index >= 15 is 0 Å². The van der Waals surface area contributed by atoms with E-state index in [4.69, 9.17) is 4.74 Å². The van der Waals surface area contributed by atoms with Gasteiger partial charge in [-0.1, -0.05) is 6.92 Å². The number of aromatic nitrogens is 3. The fraction of sp³-hybridized carbons (Fsp3) is 0.560. The van der Waals surface area contributed by atoms with Crippen molar-refractivity contribution in [3.63, 3.8) is 0 Å². The molecule has 33 heavy (non-hydrogen) atoms. The Balaban J connectivity index is 1.56. The number of rotatable bonds is 4. The number of ether oxygens (including phenoxy) is 1. The van der Waals surface area contributed by atoms with Crippen molar-refractivity contribution in [1.29, 1.82) is 0 Å². The van der Waals surface area contributed by atoms with Crippen molar-refractivity contribution in [2.24, 2.45) is 0 Å². The Kier molecular flexibility index (Phi) is 5.97. The van der Waals surface area contributed by atoms with Crippen LogP contribution in [0.2, 0.25) is 0 Å². The summed E-state index contributed by atoms with van der Waals surface area (Å²) in [5, 5.41) is 6.04. The molecule has 4 heterocycles. The minimum absolute atomic E-state index is 0.0638. The normalized spacial score (nSPS) is 20.7. The highest BCUT2D eigenvalue weighted by Crippen LogP contribution is 2.30. The summed E-state index contributed by atoms with van der Waals surface area (Å²) in [6.07, 6.45) is 4.50. The van der Waals surface area contributed by atoms with Gasteiger partial charge in [0.2, 0.25) is 0 Å². The zero-order chi connectivity index (χ0) is 23.1. The molecule has 2 fully saturated rings. The van der Waals surface area contributed by atoms with E-state index < -0.39 is 0 Å². The Morgan fingerprint density at radius 1 is 1.21 bits per heavy atom. The number of piperazine rings is 1. The minimum atomic E-state index is -0.143. The van der Waals surface area contributed by atoms with Crippen LogP contribution in [-0.4, -0.2) is 75.9 Å². The molecule has 8 heteroatoms. The van der Waals surface area contributed by atoms with Crippen molar-refractivity contribution in [2.45, 2.75) is 52.1 Å². The number of carbonyl (C=O) groups excluding carboxylic acids is 1. The smallest absolute Gasteiger partial charge is 0.259 e. The molecule has 1 atom stereocenters.